The number of carbonyl (C=O) groups is 1. The van der Waals surface area contributed by atoms with Crippen molar-refractivity contribution in [1.82, 2.24) is 10.2 Å². The largest absolute Gasteiger partial charge is 0.324 e. The van der Waals surface area contributed by atoms with Crippen molar-refractivity contribution < 1.29 is 4.79 Å². The molecule has 2 N–H and O–H groups in total. The van der Waals surface area contributed by atoms with Gasteiger partial charge in [-0.1, -0.05) is 18.2 Å². The number of nitrogens with zero attached hydrogens (tertiary/aromatic N) is 1. The molecule has 4 nitrogen and oxygen atoms in total. The zero-order valence-corrected chi connectivity index (χ0v) is 13.6. The fourth-order valence-electron chi connectivity index (χ4n) is 2.26. The third-order valence-electron chi connectivity index (χ3n) is 3.32. The van der Waals surface area contributed by atoms with Crippen LogP contribution in [-0.4, -0.2) is 43.5 Å². The van der Waals surface area contributed by atoms with Crippen LogP contribution in [0.5, 0.6) is 0 Å². The van der Waals surface area contributed by atoms with Crippen molar-refractivity contribution in [3.05, 3.63) is 29.3 Å². The molecule has 0 spiro atoms. The molecule has 6 heteroatoms. The standard InChI is InChI=1S/C14H21N3O.2ClH/c1-11-4-3-5-12(2)14(11)16-13(18)10-17-8-6-15-7-9-17;;/h3-5,15H,6-10H2,1-2H3,(H,16,18);2*1H. The Kier molecular flexibility index (Phi) is 8.81. The van der Waals surface area contributed by atoms with Crippen LogP contribution in [-0.2, 0) is 4.79 Å². The first-order valence-electron chi connectivity index (χ1n) is 6.46. The van der Waals surface area contributed by atoms with Gasteiger partial charge in [-0.25, -0.2) is 0 Å². The van der Waals surface area contributed by atoms with E-state index in [9.17, 15) is 4.79 Å². The van der Waals surface area contributed by atoms with Crippen molar-refractivity contribution in [2.45, 2.75) is 13.8 Å². The van der Waals surface area contributed by atoms with Crippen molar-refractivity contribution >= 4 is 36.4 Å². The number of aryl methyl sites for hydroxylation is 2. The zero-order valence-electron chi connectivity index (χ0n) is 11.9. The van der Waals surface area contributed by atoms with E-state index in [0.717, 1.165) is 43.0 Å². The molecule has 0 bridgehead atoms. The molecule has 1 heterocycles. The third kappa shape index (κ3) is 5.29. The summed E-state index contributed by atoms with van der Waals surface area (Å²) in [5.41, 5.74) is 3.19. The molecular weight excluding hydrogens is 297 g/mol. The van der Waals surface area contributed by atoms with Crippen LogP contribution in [0.2, 0.25) is 0 Å². The Morgan fingerprint density at radius 2 is 1.75 bits per heavy atom. The number of para-hydroxylation sites is 1. The smallest absolute Gasteiger partial charge is 0.238 e. The lowest BCUT2D eigenvalue weighted by Crippen LogP contribution is -2.46. The number of piperazine rings is 1. The number of benzene rings is 1. The van der Waals surface area contributed by atoms with Gasteiger partial charge in [-0.3, -0.25) is 9.69 Å². The lowest BCUT2D eigenvalue weighted by molar-refractivity contribution is -0.117. The zero-order chi connectivity index (χ0) is 13.0. The van der Waals surface area contributed by atoms with Crippen LogP contribution in [0.1, 0.15) is 11.1 Å². The molecule has 0 unspecified atom stereocenters. The van der Waals surface area contributed by atoms with Gasteiger partial charge in [0.25, 0.3) is 0 Å². The van der Waals surface area contributed by atoms with Crippen molar-refractivity contribution in [3.8, 4) is 0 Å². The highest BCUT2D eigenvalue weighted by Gasteiger charge is 2.14. The van der Waals surface area contributed by atoms with Gasteiger partial charge in [-0.15, -0.1) is 24.8 Å². The van der Waals surface area contributed by atoms with E-state index in [-0.39, 0.29) is 30.7 Å². The van der Waals surface area contributed by atoms with Crippen LogP contribution in [0.25, 0.3) is 0 Å². The molecule has 0 aliphatic carbocycles. The van der Waals surface area contributed by atoms with Gasteiger partial charge in [0, 0.05) is 31.9 Å². The Morgan fingerprint density at radius 1 is 1.20 bits per heavy atom. The highest BCUT2D eigenvalue weighted by molar-refractivity contribution is 5.93. The van der Waals surface area contributed by atoms with Gasteiger partial charge in [0.05, 0.1) is 6.54 Å². The van der Waals surface area contributed by atoms with E-state index < -0.39 is 0 Å². The second kappa shape index (κ2) is 9.19. The summed E-state index contributed by atoms with van der Waals surface area (Å²) in [7, 11) is 0. The maximum atomic E-state index is 12.0. The number of amides is 1. The Labute approximate surface area is 133 Å². The number of carbonyl (C=O) groups excluding carboxylic acids is 1. The van der Waals surface area contributed by atoms with E-state index >= 15 is 0 Å². The van der Waals surface area contributed by atoms with Crippen molar-refractivity contribution in [3.63, 3.8) is 0 Å². The van der Waals surface area contributed by atoms with Crippen molar-refractivity contribution in [2.24, 2.45) is 0 Å². The Balaban J connectivity index is 0.00000180. The Hall–Kier alpha value is -0.810. The normalized spacial score (nSPS) is 14.9. The quantitative estimate of drug-likeness (QED) is 0.895. The summed E-state index contributed by atoms with van der Waals surface area (Å²) in [6, 6.07) is 6.05. The molecule has 1 saturated heterocycles. The molecule has 2 rings (SSSR count). The summed E-state index contributed by atoms with van der Waals surface area (Å²) in [6.45, 7) is 8.35. The van der Waals surface area contributed by atoms with E-state index in [1.54, 1.807) is 0 Å². The van der Waals surface area contributed by atoms with Crippen LogP contribution < -0.4 is 10.6 Å². The minimum atomic E-state index is 0. The summed E-state index contributed by atoms with van der Waals surface area (Å²) >= 11 is 0. The molecule has 1 aromatic carbocycles. The molecule has 0 saturated carbocycles. The van der Waals surface area contributed by atoms with Crippen molar-refractivity contribution in [2.75, 3.05) is 38.0 Å². The minimum Gasteiger partial charge on any atom is -0.324 e. The number of hydrogen-bond donors (Lipinski definition) is 2. The first-order chi connectivity index (χ1) is 8.66. The summed E-state index contributed by atoms with van der Waals surface area (Å²) < 4.78 is 0. The summed E-state index contributed by atoms with van der Waals surface area (Å²) in [4.78, 5) is 14.2. The van der Waals surface area contributed by atoms with Gasteiger partial charge in [-0.2, -0.15) is 0 Å². The third-order valence-corrected chi connectivity index (χ3v) is 3.32. The van der Waals surface area contributed by atoms with Crippen LogP contribution in [0.15, 0.2) is 18.2 Å². The highest BCUT2D eigenvalue weighted by atomic mass is 35.5. The van der Waals surface area contributed by atoms with E-state index in [0.29, 0.717) is 6.54 Å². The molecule has 0 atom stereocenters. The molecule has 1 aliphatic rings. The van der Waals surface area contributed by atoms with Gasteiger partial charge in [0.1, 0.15) is 0 Å². The number of hydrogen-bond acceptors (Lipinski definition) is 3. The lowest BCUT2D eigenvalue weighted by atomic mass is 10.1. The average Bonchev–Trinajstić information content (AvgIpc) is 2.35. The minimum absolute atomic E-state index is 0. The first kappa shape index (κ1) is 19.2. The van der Waals surface area contributed by atoms with Crippen LogP contribution in [0, 0.1) is 13.8 Å². The van der Waals surface area contributed by atoms with E-state index in [1.807, 2.05) is 32.0 Å². The predicted octanol–water partition coefficient (Wildman–Crippen LogP) is 1.99. The predicted molar refractivity (Wildman–Crippen MR) is 88.4 cm³/mol. The van der Waals surface area contributed by atoms with Crippen LogP contribution >= 0.6 is 24.8 Å². The molecule has 1 amide bonds. The van der Waals surface area contributed by atoms with Gasteiger partial charge in [0.15, 0.2) is 0 Å². The van der Waals surface area contributed by atoms with Gasteiger partial charge in [0.2, 0.25) is 5.91 Å². The monoisotopic (exact) mass is 319 g/mol. The first-order valence-corrected chi connectivity index (χ1v) is 6.46. The Bertz CT molecular complexity index is 414. The highest BCUT2D eigenvalue weighted by Crippen LogP contribution is 2.19. The summed E-state index contributed by atoms with van der Waals surface area (Å²) in [5.74, 6) is 0.0781. The maximum absolute atomic E-state index is 12.0. The molecule has 114 valence electrons. The molecule has 20 heavy (non-hydrogen) atoms. The van der Waals surface area contributed by atoms with Gasteiger partial charge >= 0.3 is 0 Å². The SMILES string of the molecule is Cc1cccc(C)c1NC(=O)CN1CCNCC1.Cl.Cl. The molecule has 1 aliphatic heterocycles. The molecular formula is C14H23Cl2N3O. The molecule has 1 fully saturated rings. The summed E-state index contributed by atoms with van der Waals surface area (Å²) in [6.07, 6.45) is 0. The molecule has 0 aromatic heterocycles. The van der Waals surface area contributed by atoms with Crippen LogP contribution in [0.3, 0.4) is 0 Å². The second-order valence-electron chi connectivity index (χ2n) is 4.84. The fourth-order valence-corrected chi connectivity index (χ4v) is 2.26. The van der Waals surface area contributed by atoms with E-state index in [1.165, 1.54) is 0 Å². The number of nitrogens with one attached hydrogen (secondary N) is 2. The topological polar surface area (TPSA) is 44.4 Å². The number of halogens is 2. The van der Waals surface area contributed by atoms with E-state index in [4.69, 9.17) is 0 Å². The summed E-state index contributed by atoms with van der Waals surface area (Å²) in [5, 5.41) is 6.31. The Morgan fingerprint density at radius 3 is 2.30 bits per heavy atom. The van der Waals surface area contributed by atoms with Gasteiger partial charge in [-0.05, 0) is 25.0 Å². The lowest BCUT2D eigenvalue weighted by Gasteiger charge is -2.26. The van der Waals surface area contributed by atoms with E-state index in [2.05, 4.69) is 15.5 Å². The van der Waals surface area contributed by atoms with Crippen LogP contribution in [0.4, 0.5) is 5.69 Å². The van der Waals surface area contributed by atoms with Crippen molar-refractivity contribution in [1.29, 1.82) is 0 Å². The number of rotatable bonds is 3. The molecule has 0 radical (unpaired) electrons. The van der Waals surface area contributed by atoms with Gasteiger partial charge < -0.3 is 10.6 Å². The molecule has 1 aromatic rings. The second-order valence-corrected chi connectivity index (χ2v) is 4.84. The fraction of sp³-hybridized carbons (Fsp3) is 0.500. The maximum Gasteiger partial charge on any atom is 0.238 e. The number of anilines is 1. The average molecular weight is 320 g/mol.